The lowest BCUT2D eigenvalue weighted by atomic mass is 9.99. The molecule has 1 aliphatic heterocycles. The molecule has 0 fully saturated rings. The van der Waals surface area contributed by atoms with Gasteiger partial charge in [-0.25, -0.2) is 4.98 Å². The van der Waals surface area contributed by atoms with Crippen LogP contribution in [0.5, 0.6) is 5.88 Å². The van der Waals surface area contributed by atoms with Gasteiger partial charge in [0, 0.05) is 49.4 Å². The quantitative estimate of drug-likeness (QED) is 0.682. The number of aliphatic hydroxyl groups excluding tert-OH is 1. The maximum atomic E-state index is 13.4. The molecule has 7 heteroatoms. The summed E-state index contributed by atoms with van der Waals surface area (Å²) in [6.07, 6.45) is 3.25. The van der Waals surface area contributed by atoms with E-state index in [-0.39, 0.29) is 36.5 Å². The van der Waals surface area contributed by atoms with Crippen LogP contribution in [0.1, 0.15) is 49.3 Å². The average Bonchev–Trinajstić information content (AvgIpc) is 2.80. The summed E-state index contributed by atoms with van der Waals surface area (Å²) in [5.41, 5.74) is 2.04. The largest absolute Gasteiger partial charge is 0.472 e. The highest BCUT2D eigenvalue weighted by Gasteiger charge is 2.34. The van der Waals surface area contributed by atoms with Crippen LogP contribution in [0.25, 0.3) is 0 Å². The normalized spacial score (nSPS) is 19.3. The predicted octanol–water partition coefficient (Wildman–Crippen LogP) is 2.84. The maximum absolute atomic E-state index is 13.4. The summed E-state index contributed by atoms with van der Waals surface area (Å²) in [4.78, 5) is 26.2. The molecule has 0 unspecified atom stereocenters. The van der Waals surface area contributed by atoms with Gasteiger partial charge >= 0.3 is 0 Å². The minimum Gasteiger partial charge on any atom is -0.472 e. The summed E-state index contributed by atoms with van der Waals surface area (Å²) in [6, 6.07) is 7.31. The standard InChI is InChI=1S/C26H34N4O3/c1-18(2)9-10-21-12-23-25(28-13-21)33-24(16-29(5)15-22-8-6-7-11-27-22)19(3)14-30(26(23)32)20(4)17-31/h6-8,11-13,18-20,24,31H,14-17H2,1-5H3/t19-,20+,24+/m1/s1. The van der Waals surface area contributed by atoms with Crippen molar-refractivity contribution in [1.29, 1.82) is 0 Å². The van der Waals surface area contributed by atoms with E-state index in [9.17, 15) is 9.90 Å². The maximum Gasteiger partial charge on any atom is 0.259 e. The van der Waals surface area contributed by atoms with Crippen LogP contribution >= 0.6 is 0 Å². The Labute approximate surface area is 196 Å². The highest BCUT2D eigenvalue weighted by atomic mass is 16.5. The average molecular weight is 451 g/mol. The first-order valence-corrected chi connectivity index (χ1v) is 11.5. The van der Waals surface area contributed by atoms with Gasteiger partial charge in [-0.1, -0.05) is 38.7 Å². The first-order chi connectivity index (χ1) is 15.8. The van der Waals surface area contributed by atoms with E-state index in [2.05, 4.69) is 33.6 Å². The molecule has 176 valence electrons. The Morgan fingerprint density at radius 3 is 2.76 bits per heavy atom. The fourth-order valence-corrected chi connectivity index (χ4v) is 3.76. The van der Waals surface area contributed by atoms with E-state index in [1.165, 1.54) is 0 Å². The number of ether oxygens (including phenoxy) is 1. The summed E-state index contributed by atoms with van der Waals surface area (Å²) in [7, 11) is 2.03. The number of fused-ring (bicyclic) bond motifs is 1. The molecule has 0 aromatic carbocycles. The molecular formula is C26H34N4O3. The van der Waals surface area contributed by atoms with Crippen molar-refractivity contribution < 1.29 is 14.6 Å². The van der Waals surface area contributed by atoms with Gasteiger partial charge in [0.2, 0.25) is 5.88 Å². The van der Waals surface area contributed by atoms with Crippen molar-refractivity contribution in [3.63, 3.8) is 0 Å². The Balaban J connectivity index is 1.91. The first-order valence-electron chi connectivity index (χ1n) is 11.5. The second-order valence-corrected chi connectivity index (χ2v) is 9.14. The molecule has 0 radical (unpaired) electrons. The Hall–Kier alpha value is -2.95. The van der Waals surface area contributed by atoms with E-state index in [0.717, 1.165) is 5.69 Å². The van der Waals surface area contributed by atoms with Crippen molar-refractivity contribution in [3.8, 4) is 17.7 Å². The van der Waals surface area contributed by atoms with Gasteiger partial charge in [0.1, 0.15) is 11.7 Å². The molecule has 1 N–H and O–H groups in total. The Morgan fingerprint density at radius 2 is 2.09 bits per heavy atom. The Bertz CT molecular complexity index is 1000. The third-order valence-electron chi connectivity index (χ3n) is 5.68. The molecular weight excluding hydrogens is 416 g/mol. The van der Waals surface area contributed by atoms with E-state index >= 15 is 0 Å². The van der Waals surface area contributed by atoms with Gasteiger partial charge in [-0.15, -0.1) is 0 Å². The highest BCUT2D eigenvalue weighted by Crippen LogP contribution is 2.27. The van der Waals surface area contributed by atoms with Gasteiger partial charge in [-0.3, -0.25) is 14.7 Å². The Kier molecular flexibility index (Phi) is 8.43. The molecule has 3 heterocycles. The molecule has 1 aliphatic rings. The predicted molar refractivity (Wildman–Crippen MR) is 128 cm³/mol. The summed E-state index contributed by atoms with van der Waals surface area (Å²) in [6.45, 7) is 9.64. The van der Waals surface area contributed by atoms with Gasteiger partial charge in [-0.05, 0) is 32.2 Å². The van der Waals surface area contributed by atoms with Crippen molar-refractivity contribution in [3.05, 3.63) is 53.5 Å². The molecule has 0 spiro atoms. The smallest absolute Gasteiger partial charge is 0.259 e. The number of carbonyl (C=O) groups excluding carboxylic acids is 1. The van der Waals surface area contributed by atoms with Crippen molar-refractivity contribution in [2.24, 2.45) is 11.8 Å². The lowest BCUT2D eigenvalue weighted by molar-refractivity contribution is 0.0324. The summed E-state index contributed by atoms with van der Waals surface area (Å²) in [5, 5.41) is 9.80. The van der Waals surface area contributed by atoms with Gasteiger partial charge < -0.3 is 14.7 Å². The fraction of sp³-hybridized carbons (Fsp3) is 0.500. The van der Waals surface area contributed by atoms with Gasteiger partial charge in [0.05, 0.1) is 18.3 Å². The number of nitrogens with zero attached hydrogens (tertiary/aromatic N) is 4. The number of hydrogen-bond acceptors (Lipinski definition) is 6. The second kappa shape index (κ2) is 11.3. The van der Waals surface area contributed by atoms with E-state index < -0.39 is 0 Å². The summed E-state index contributed by atoms with van der Waals surface area (Å²) < 4.78 is 6.34. The lowest BCUT2D eigenvalue weighted by Gasteiger charge is -2.37. The third-order valence-corrected chi connectivity index (χ3v) is 5.68. The number of carbonyl (C=O) groups is 1. The van der Waals surface area contributed by atoms with Crippen LogP contribution in [-0.2, 0) is 6.54 Å². The molecule has 3 rings (SSSR count). The van der Waals surface area contributed by atoms with Crippen molar-refractivity contribution in [1.82, 2.24) is 19.8 Å². The van der Waals surface area contributed by atoms with Crippen LogP contribution in [-0.4, -0.2) is 69.7 Å². The summed E-state index contributed by atoms with van der Waals surface area (Å²) >= 11 is 0. The number of pyridine rings is 2. The zero-order valence-electron chi connectivity index (χ0n) is 20.2. The molecule has 0 saturated heterocycles. The van der Waals surface area contributed by atoms with Gasteiger partial charge in [0.25, 0.3) is 5.91 Å². The summed E-state index contributed by atoms with van der Waals surface area (Å²) in [5.74, 6) is 6.56. The number of likely N-dealkylation sites (N-methyl/N-ethyl adjacent to an activating group) is 1. The molecule has 7 nitrogen and oxygen atoms in total. The van der Waals surface area contributed by atoms with Crippen molar-refractivity contribution in [2.75, 3.05) is 26.7 Å². The highest BCUT2D eigenvalue weighted by molar-refractivity contribution is 5.97. The number of rotatable bonds is 6. The van der Waals surface area contributed by atoms with E-state index in [1.807, 2.05) is 46.0 Å². The molecule has 0 bridgehead atoms. The molecule has 2 aromatic heterocycles. The third kappa shape index (κ3) is 6.53. The van der Waals surface area contributed by atoms with Crippen LogP contribution in [0.3, 0.4) is 0 Å². The van der Waals surface area contributed by atoms with Crippen molar-refractivity contribution in [2.45, 2.75) is 46.4 Å². The second-order valence-electron chi connectivity index (χ2n) is 9.14. The van der Waals surface area contributed by atoms with Gasteiger partial charge in [0.15, 0.2) is 0 Å². The van der Waals surface area contributed by atoms with E-state index in [4.69, 9.17) is 4.74 Å². The van der Waals surface area contributed by atoms with Gasteiger partial charge in [-0.2, -0.15) is 0 Å². The minimum atomic E-state index is -0.316. The number of aromatic nitrogens is 2. The molecule has 3 atom stereocenters. The van der Waals surface area contributed by atoms with E-state index in [1.54, 1.807) is 23.4 Å². The van der Waals surface area contributed by atoms with Crippen LogP contribution < -0.4 is 4.74 Å². The number of aliphatic hydroxyl groups is 1. The molecule has 1 amide bonds. The Morgan fingerprint density at radius 1 is 1.30 bits per heavy atom. The SMILES string of the molecule is CC(C)C#Cc1cnc2c(c1)C(=O)N([C@@H](C)CO)C[C@@H](C)[C@H](CN(C)Cc1ccccn1)O2. The van der Waals surface area contributed by atoms with Crippen molar-refractivity contribution >= 4 is 5.91 Å². The number of amides is 1. The molecule has 2 aromatic rings. The first kappa shape index (κ1) is 24.7. The monoisotopic (exact) mass is 450 g/mol. The van der Waals surface area contributed by atoms with Crippen LogP contribution in [0.2, 0.25) is 0 Å². The minimum absolute atomic E-state index is 0.0319. The molecule has 0 saturated carbocycles. The zero-order valence-corrected chi connectivity index (χ0v) is 20.2. The molecule has 33 heavy (non-hydrogen) atoms. The van der Waals surface area contributed by atoms with Crippen LogP contribution in [0.15, 0.2) is 36.7 Å². The lowest BCUT2D eigenvalue weighted by Crippen LogP contribution is -2.49. The van der Waals surface area contributed by atoms with E-state index in [0.29, 0.717) is 36.6 Å². The molecule has 0 aliphatic carbocycles. The van der Waals surface area contributed by atoms with Crippen LogP contribution in [0, 0.1) is 23.7 Å². The topological polar surface area (TPSA) is 78.8 Å². The number of hydrogen-bond donors (Lipinski definition) is 1. The fourth-order valence-electron chi connectivity index (χ4n) is 3.76. The van der Waals surface area contributed by atoms with Crippen LogP contribution in [0.4, 0.5) is 0 Å². The zero-order chi connectivity index (χ0) is 24.0.